The summed E-state index contributed by atoms with van der Waals surface area (Å²) in [7, 11) is 3.65. The first-order valence-corrected chi connectivity index (χ1v) is 6.59. The smallest absolute Gasteiger partial charge is 0.311 e. The van der Waals surface area contributed by atoms with Gasteiger partial charge in [-0.05, 0) is 13.0 Å². The Bertz CT molecular complexity index is 639. The number of hydrogen-bond donors (Lipinski definition) is 1. The van der Waals surface area contributed by atoms with Gasteiger partial charge in [0.05, 0.1) is 11.5 Å². The molecule has 0 unspecified atom stereocenters. The van der Waals surface area contributed by atoms with Crippen LogP contribution in [0.1, 0.15) is 12.7 Å². The van der Waals surface area contributed by atoms with Crippen molar-refractivity contribution in [2.24, 2.45) is 7.05 Å². The molecule has 8 heteroatoms. The van der Waals surface area contributed by atoms with Gasteiger partial charge in [0.1, 0.15) is 11.6 Å². The molecule has 2 rings (SSSR count). The van der Waals surface area contributed by atoms with Crippen LogP contribution in [0, 0.1) is 10.1 Å². The Balaban J connectivity index is 2.32. The Labute approximate surface area is 122 Å². The lowest BCUT2D eigenvalue weighted by Crippen LogP contribution is -2.21. The third kappa shape index (κ3) is 3.28. The number of imidazole rings is 1. The Morgan fingerprint density at radius 2 is 2.24 bits per heavy atom. The maximum atomic E-state index is 11.2. The van der Waals surface area contributed by atoms with Gasteiger partial charge in [-0.25, -0.2) is 9.97 Å². The van der Waals surface area contributed by atoms with Gasteiger partial charge in [0.25, 0.3) is 0 Å². The topological polar surface area (TPSA) is 89.1 Å². The lowest BCUT2D eigenvalue weighted by atomic mass is 10.3. The second-order valence-electron chi connectivity index (χ2n) is 4.64. The molecule has 0 spiro atoms. The van der Waals surface area contributed by atoms with Crippen LogP contribution >= 0.6 is 0 Å². The van der Waals surface area contributed by atoms with E-state index in [2.05, 4.69) is 15.3 Å². The Kier molecular flexibility index (Phi) is 4.36. The number of rotatable bonds is 6. The number of nitrogens with one attached hydrogen (secondary N) is 1. The summed E-state index contributed by atoms with van der Waals surface area (Å²) >= 11 is 0. The van der Waals surface area contributed by atoms with Gasteiger partial charge in [-0.2, -0.15) is 0 Å². The Morgan fingerprint density at radius 3 is 2.81 bits per heavy atom. The molecule has 0 fully saturated rings. The van der Waals surface area contributed by atoms with Crippen molar-refractivity contribution in [2.75, 3.05) is 23.8 Å². The van der Waals surface area contributed by atoms with Gasteiger partial charge in [0.15, 0.2) is 0 Å². The number of aryl methyl sites for hydroxylation is 1. The normalized spacial score (nSPS) is 10.4. The maximum Gasteiger partial charge on any atom is 0.311 e. The van der Waals surface area contributed by atoms with Crippen LogP contribution < -0.4 is 10.2 Å². The molecule has 0 aromatic carbocycles. The monoisotopic (exact) mass is 290 g/mol. The van der Waals surface area contributed by atoms with Crippen molar-refractivity contribution in [3.8, 4) is 0 Å². The van der Waals surface area contributed by atoms with Crippen molar-refractivity contribution >= 4 is 17.3 Å². The predicted octanol–water partition coefficient (Wildman–Crippen LogP) is 1.79. The van der Waals surface area contributed by atoms with Gasteiger partial charge in [-0.1, -0.05) is 0 Å². The number of anilines is 2. The van der Waals surface area contributed by atoms with Gasteiger partial charge in [0.2, 0.25) is 5.82 Å². The van der Waals surface area contributed by atoms with E-state index in [-0.39, 0.29) is 5.69 Å². The van der Waals surface area contributed by atoms with E-state index in [9.17, 15) is 10.1 Å². The molecule has 0 aliphatic rings. The summed E-state index contributed by atoms with van der Waals surface area (Å²) in [4.78, 5) is 21.0. The molecular formula is C13H18N6O2. The first-order valence-electron chi connectivity index (χ1n) is 6.59. The molecule has 0 saturated heterocycles. The lowest BCUT2D eigenvalue weighted by Gasteiger charge is -2.18. The Morgan fingerprint density at radius 1 is 1.48 bits per heavy atom. The zero-order valence-corrected chi connectivity index (χ0v) is 12.3. The maximum absolute atomic E-state index is 11.2. The number of pyridine rings is 1. The van der Waals surface area contributed by atoms with Crippen molar-refractivity contribution in [3.05, 3.63) is 40.5 Å². The highest BCUT2D eigenvalue weighted by Gasteiger charge is 2.20. The van der Waals surface area contributed by atoms with E-state index in [4.69, 9.17) is 0 Å². The molecule has 2 aromatic rings. The van der Waals surface area contributed by atoms with E-state index in [1.54, 1.807) is 24.2 Å². The quantitative estimate of drug-likeness (QED) is 0.644. The van der Waals surface area contributed by atoms with Gasteiger partial charge in [-0.15, -0.1) is 0 Å². The molecule has 0 atom stereocenters. The van der Waals surface area contributed by atoms with E-state index in [0.29, 0.717) is 24.7 Å². The van der Waals surface area contributed by atoms with Crippen molar-refractivity contribution in [3.63, 3.8) is 0 Å². The molecular weight excluding hydrogens is 272 g/mol. The first-order chi connectivity index (χ1) is 10.0. The van der Waals surface area contributed by atoms with Crippen LogP contribution in [-0.4, -0.2) is 33.1 Å². The van der Waals surface area contributed by atoms with Crippen molar-refractivity contribution < 1.29 is 4.92 Å². The third-order valence-corrected chi connectivity index (χ3v) is 3.07. The number of nitro groups is 1. The SMILES string of the molecule is CCNc1ccc([N+](=O)[O-])c(N(C)Cc2nccn2C)n1. The molecule has 0 aliphatic carbocycles. The van der Waals surface area contributed by atoms with Gasteiger partial charge < -0.3 is 14.8 Å². The first kappa shape index (κ1) is 14.8. The van der Waals surface area contributed by atoms with Crippen LogP contribution in [-0.2, 0) is 13.6 Å². The minimum absolute atomic E-state index is 0.0200. The molecule has 0 bridgehead atoms. The highest BCUT2D eigenvalue weighted by atomic mass is 16.6. The third-order valence-electron chi connectivity index (χ3n) is 3.07. The molecule has 2 aromatic heterocycles. The molecule has 0 saturated carbocycles. The summed E-state index contributed by atoms with van der Waals surface area (Å²) in [5, 5.41) is 14.2. The highest BCUT2D eigenvalue weighted by molar-refractivity contribution is 5.61. The van der Waals surface area contributed by atoms with Crippen molar-refractivity contribution in [2.45, 2.75) is 13.5 Å². The molecule has 2 heterocycles. The van der Waals surface area contributed by atoms with E-state index in [0.717, 1.165) is 5.82 Å². The van der Waals surface area contributed by atoms with E-state index >= 15 is 0 Å². The molecule has 21 heavy (non-hydrogen) atoms. The highest BCUT2D eigenvalue weighted by Crippen LogP contribution is 2.27. The van der Waals surface area contributed by atoms with Gasteiger partial charge >= 0.3 is 5.69 Å². The van der Waals surface area contributed by atoms with E-state index < -0.39 is 4.92 Å². The summed E-state index contributed by atoms with van der Waals surface area (Å²) in [6.07, 6.45) is 3.53. The fraction of sp³-hybridized carbons (Fsp3) is 0.385. The van der Waals surface area contributed by atoms with Gasteiger partial charge in [-0.3, -0.25) is 10.1 Å². The van der Waals surface area contributed by atoms with Crippen molar-refractivity contribution in [1.82, 2.24) is 14.5 Å². The molecule has 8 nitrogen and oxygen atoms in total. The number of hydrogen-bond acceptors (Lipinski definition) is 6. The van der Waals surface area contributed by atoms with Crippen LogP contribution in [0.4, 0.5) is 17.3 Å². The van der Waals surface area contributed by atoms with Crippen LogP contribution in [0.5, 0.6) is 0 Å². The fourth-order valence-corrected chi connectivity index (χ4v) is 1.98. The average molecular weight is 290 g/mol. The van der Waals surface area contributed by atoms with Gasteiger partial charge in [0, 0.05) is 39.1 Å². The fourth-order valence-electron chi connectivity index (χ4n) is 1.98. The molecule has 112 valence electrons. The summed E-state index contributed by atoms with van der Waals surface area (Å²) in [5.74, 6) is 1.74. The van der Waals surface area contributed by atoms with Crippen molar-refractivity contribution in [1.29, 1.82) is 0 Å². The summed E-state index contributed by atoms with van der Waals surface area (Å²) in [6, 6.07) is 3.08. The molecule has 0 amide bonds. The standard InChI is InChI=1S/C13H18N6O2/c1-4-14-11-6-5-10(19(20)21)13(16-11)18(3)9-12-15-7-8-17(12)2/h5-8H,4,9H2,1-3H3,(H,14,16). The van der Waals surface area contributed by atoms with E-state index in [1.807, 2.05) is 24.7 Å². The average Bonchev–Trinajstić information content (AvgIpc) is 2.84. The minimum Gasteiger partial charge on any atom is -0.370 e. The summed E-state index contributed by atoms with van der Waals surface area (Å²) in [6.45, 7) is 3.08. The Hall–Kier alpha value is -2.64. The van der Waals surface area contributed by atoms with Crippen LogP contribution in [0.25, 0.3) is 0 Å². The molecule has 0 radical (unpaired) electrons. The van der Waals surface area contributed by atoms with Crippen LogP contribution in [0.2, 0.25) is 0 Å². The lowest BCUT2D eigenvalue weighted by molar-refractivity contribution is -0.384. The number of aromatic nitrogens is 3. The summed E-state index contributed by atoms with van der Waals surface area (Å²) < 4.78 is 1.87. The van der Waals surface area contributed by atoms with Crippen LogP contribution in [0.3, 0.4) is 0 Å². The minimum atomic E-state index is -0.424. The predicted molar refractivity (Wildman–Crippen MR) is 80.4 cm³/mol. The largest absolute Gasteiger partial charge is 0.370 e. The zero-order valence-electron chi connectivity index (χ0n) is 12.3. The zero-order chi connectivity index (χ0) is 15.4. The number of nitrogens with zero attached hydrogens (tertiary/aromatic N) is 5. The second-order valence-corrected chi connectivity index (χ2v) is 4.64. The summed E-state index contributed by atoms with van der Waals surface area (Å²) in [5.41, 5.74) is -0.0200. The molecule has 0 aliphatic heterocycles. The molecule has 1 N–H and O–H groups in total. The van der Waals surface area contributed by atoms with Crippen LogP contribution in [0.15, 0.2) is 24.5 Å². The second kappa shape index (κ2) is 6.21. The van der Waals surface area contributed by atoms with E-state index in [1.165, 1.54) is 6.07 Å².